The van der Waals surface area contributed by atoms with Crippen molar-refractivity contribution in [1.82, 2.24) is 15.6 Å². The van der Waals surface area contributed by atoms with E-state index in [9.17, 15) is 4.79 Å². The molecule has 1 aromatic rings. The summed E-state index contributed by atoms with van der Waals surface area (Å²) >= 11 is 5.72. The summed E-state index contributed by atoms with van der Waals surface area (Å²) in [7, 11) is 0. The predicted molar refractivity (Wildman–Crippen MR) is 63.8 cm³/mol. The fraction of sp³-hybridized carbons (Fsp3) is 0.545. The van der Waals surface area contributed by atoms with Gasteiger partial charge < -0.3 is 15.6 Å². The van der Waals surface area contributed by atoms with Gasteiger partial charge >= 0.3 is 0 Å². The number of hydrogen-bond donors (Lipinski definition) is 3. The molecule has 2 heterocycles. The summed E-state index contributed by atoms with van der Waals surface area (Å²) < 4.78 is 0. The Bertz CT molecular complexity index is 358. The number of aromatic nitrogens is 1. The Balaban J connectivity index is 1.71. The van der Waals surface area contributed by atoms with E-state index in [4.69, 9.17) is 11.6 Å². The number of carbonyl (C=O) groups is 1. The first-order valence-electron chi connectivity index (χ1n) is 5.61. The number of rotatable bonds is 4. The molecule has 0 saturated carbocycles. The average molecular weight is 242 g/mol. The molecule has 16 heavy (non-hydrogen) atoms. The Morgan fingerprint density at radius 3 is 3.12 bits per heavy atom. The molecule has 5 heteroatoms. The lowest BCUT2D eigenvalue weighted by molar-refractivity contribution is 0.0948. The number of halogens is 1. The van der Waals surface area contributed by atoms with Crippen molar-refractivity contribution in [3.63, 3.8) is 0 Å². The van der Waals surface area contributed by atoms with Gasteiger partial charge in [-0.05, 0) is 31.9 Å². The van der Waals surface area contributed by atoms with E-state index >= 15 is 0 Å². The van der Waals surface area contributed by atoms with Crippen LogP contribution >= 0.6 is 11.6 Å². The largest absolute Gasteiger partial charge is 0.356 e. The summed E-state index contributed by atoms with van der Waals surface area (Å²) in [5.74, 6) is -0.0927. The third-order valence-electron chi connectivity index (χ3n) is 2.83. The van der Waals surface area contributed by atoms with Gasteiger partial charge in [0, 0.05) is 18.8 Å². The van der Waals surface area contributed by atoms with Gasteiger partial charge in [0.1, 0.15) is 5.69 Å². The van der Waals surface area contributed by atoms with Crippen molar-refractivity contribution in [2.45, 2.75) is 25.3 Å². The van der Waals surface area contributed by atoms with E-state index in [1.807, 2.05) is 0 Å². The molecule has 1 aromatic heterocycles. The second-order valence-corrected chi connectivity index (χ2v) is 4.51. The summed E-state index contributed by atoms with van der Waals surface area (Å²) in [6.45, 7) is 1.80. The SMILES string of the molecule is O=C(NCC[C@H]1CCCN1)c1cc(Cl)c[nH]1. The molecule has 0 unspecified atom stereocenters. The fourth-order valence-corrected chi connectivity index (χ4v) is 2.12. The lowest BCUT2D eigenvalue weighted by Crippen LogP contribution is -2.30. The number of H-pyrrole nitrogens is 1. The average Bonchev–Trinajstić information content (AvgIpc) is 2.89. The predicted octanol–water partition coefficient (Wildman–Crippen LogP) is 1.54. The van der Waals surface area contributed by atoms with Crippen LogP contribution in [0.15, 0.2) is 12.3 Å². The molecule has 1 saturated heterocycles. The maximum absolute atomic E-state index is 11.6. The van der Waals surface area contributed by atoms with Crippen molar-refractivity contribution >= 4 is 17.5 Å². The second-order valence-electron chi connectivity index (χ2n) is 4.07. The first-order chi connectivity index (χ1) is 7.75. The van der Waals surface area contributed by atoms with Crippen LogP contribution in [0.5, 0.6) is 0 Å². The molecular weight excluding hydrogens is 226 g/mol. The Morgan fingerprint density at radius 1 is 1.62 bits per heavy atom. The van der Waals surface area contributed by atoms with Crippen LogP contribution in [0.3, 0.4) is 0 Å². The topological polar surface area (TPSA) is 56.9 Å². The van der Waals surface area contributed by atoms with Crippen molar-refractivity contribution in [3.8, 4) is 0 Å². The summed E-state index contributed by atoms with van der Waals surface area (Å²) in [6.07, 6.45) is 5.05. The monoisotopic (exact) mass is 241 g/mol. The van der Waals surface area contributed by atoms with E-state index in [0.29, 0.717) is 23.3 Å². The molecule has 0 aliphatic carbocycles. The molecule has 0 spiro atoms. The minimum absolute atomic E-state index is 0.0927. The van der Waals surface area contributed by atoms with Gasteiger partial charge in [-0.15, -0.1) is 0 Å². The van der Waals surface area contributed by atoms with Crippen LogP contribution in [0.4, 0.5) is 0 Å². The molecule has 1 fully saturated rings. The highest BCUT2D eigenvalue weighted by Gasteiger charge is 2.14. The van der Waals surface area contributed by atoms with Crippen LogP contribution in [-0.4, -0.2) is 30.0 Å². The van der Waals surface area contributed by atoms with Crippen LogP contribution in [0.2, 0.25) is 5.02 Å². The number of hydrogen-bond acceptors (Lipinski definition) is 2. The fourth-order valence-electron chi connectivity index (χ4n) is 1.96. The van der Waals surface area contributed by atoms with E-state index in [1.165, 1.54) is 12.8 Å². The van der Waals surface area contributed by atoms with Gasteiger partial charge in [-0.3, -0.25) is 4.79 Å². The van der Waals surface area contributed by atoms with E-state index in [2.05, 4.69) is 15.6 Å². The molecule has 2 rings (SSSR count). The molecule has 1 aliphatic heterocycles. The number of carbonyl (C=O) groups excluding carboxylic acids is 1. The van der Waals surface area contributed by atoms with Gasteiger partial charge in [0.2, 0.25) is 0 Å². The maximum atomic E-state index is 11.6. The molecule has 3 N–H and O–H groups in total. The van der Waals surface area contributed by atoms with Crippen LogP contribution < -0.4 is 10.6 Å². The standard InChI is InChI=1S/C11H16ClN3O/c12-8-6-10(15-7-8)11(16)14-5-3-9-2-1-4-13-9/h6-7,9,13,15H,1-5H2,(H,14,16)/t9-/m1/s1. The minimum atomic E-state index is -0.0927. The van der Waals surface area contributed by atoms with Crippen molar-refractivity contribution in [1.29, 1.82) is 0 Å². The molecule has 1 aliphatic rings. The Morgan fingerprint density at radius 2 is 2.50 bits per heavy atom. The highest BCUT2D eigenvalue weighted by Crippen LogP contribution is 2.10. The smallest absolute Gasteiger partial charge is 0.267 e. The molecule has 88 valence electrons. The summed E-state index contributed by atoms with van der Waals surface area (Å²) in [5, 5.41) is 6.82. The van der Waals surface area contributed by atoms with Gasteiger partial charge in [0.25, 0.3) is 5.91 Å². The molecule has 0 radical (unpaired) electrons. The summed E-state index contributed by atoms with van der Waals surface area (Å²) in [4.78, 5) is 14.4. The molecule has 1 amide bonds. The summed E-state index contributed by atoms with van der Waals surface area (Å²) in [5.41, 5.74) is 0.518. The van der Waals surface area contributed by atoms with Crippen LogP contribution in [-0.2, 0) is 0 Å². The quantitative estimate of drug-likeness (QED) is 0.749. The first kappa shape index (κ1) is 11.5. The van der Waals surface area contributed by atoms with Crippen LogP contribution in [0, 0.1) is 0 Å². The van der Waals surface area contributed by atoms with Crippen molar-refractivity contribution in [3.05, 3.63) is 23.0 Å². The molecule has 4 nitrogen and oxygen atoms in total. The highest BCUT2D eigenvalue weighted by atomic mass is 35.5. The van der Waals surface area contributed by atoms with E-state index in [-0.39, 0.29) is 5.91 Å². The van der Waals surface area contributed by atoms with Crippen LogP contribution in [0.1, 0.15) is 29.8 Å². The number of aromatic amines is 1. The third kappa shape index (κ3) is 3.00. The number of nitrogens with one attached hydrogen (secondary N) is 3. The minimum Gasteiger partial charge on any atom is -0.356 e. The Kier molecular flexibility index (Phi) is 3.85. The molecule has 0 aromatic carbocycles. The molecule has 0 bridgehead atoms. The Labute approximate surface area is 99.8 Å². The van der Waals surface area contributed by atoms with E-state index in [0.717, 1.165) is 13.0 Å². The zero-order valence-corrected chi connectivity index (χ0v) is 9.81. The zero-order valence-electron chi connectivity index (χ0n) is 9.05. The van der Waals surface area contributed by atoms with Gasteiger partial charge in [-0.25, -0.2) is 0 Å². The second kappa shape index (κ2) is 5.37. The lowest BCUT2D eigenvalue weighted by Gasteiger charge is -2.10. The maximum Gasteiger partial charge on any atom is 0.267 e. The van der Waals surface area contributed by atoms with Gasteiger partial charge in [0.15, 0.2) is 0 Å². The molecular formula is C11H16ClN3O. The lowest BCUT2D eigenvalue weighted by atomic mass is 10.1. The first-order valence-corrected chi connectivity index (χ1v) is 5.99. The number of amides is 1. The van der Waals surface area contributed by atoms with Gasteiger partial charge in [-0.2, -0.15) is 0 Å². The van der Waals surface area contributed by atoms with Crippen LogP contribution in [0.25, 0.3) is 0 Å². The van der Waals surface area contributed by atoms with Crippen molar-refractivity contribution in [2.24, 2.45) is 0 Å². The Hall–Kier alpha value is -1.00. The van der Waals surface area contributed by atoms with Crippen molar-refractivity contribution < 1.29 is 4.79 Å². The zero-order chi connectivity index (χ0) is 11.4. The highest BCUT2D eigenvalue weighted by molar-refractivity contribution is 6.30. The van der Waals surface area contributed by atoms with E-state index in [1.54, 1.807) is 12.3 Å². The van der Waals surface area contributed by atoms with Gasteiger partial charge in [-0.1, -0.05) is 11.6 Å². The normalized spacial score (nSPS) is 19.9. The van der Waals surface area contributed by atoms with Gasteiger partial charge in [0.05, 0.1) is 5.02 Å². The molecule has 1 atom stereocenters. The summed E-state index contributed by atoms with van der Waals surface area (Å²) in [6, 6.07) is 2.19. The van der Waals surface area contributed by atoms with Crippen molar-refractivity contribution in [2.75, 3.05) is 13.1 Å². The van der Waals surface area contributed by atoms with E-state index < -0.39 is 0 Å². The third-order valence-corrected chi connectivity index (χ3v) is 3.05.